The van der Waals surface area contributed by atoms with E-state index in [9.17, 15) is 19.5 Å². The van der Waals surface area contributed by atoms with Crippen LogP contribution >= 0.6 is 0 Å². The number of benzene rings is 1. The van der Waals surface area contributed by atoms with E-state index in [1.165, 1.54) is 0 Å². The van der Waals surface area contributed by atoms with Gasteiger partial charge in [0, 0.05) is 0 Å². The molecule has 114 valence electrons. The quantitative estimate of drug-likeness (QED) is 0.446. The molecule has 1 aromatic rings. The molecule has 3 N–H and O–H groups in total. The summed E-state index contributed by atoms with van der Waals surface area (Å²) >= 11 is 0. The number of hydrogen-bond donors (Lipinski definition) is 3. The fourth-order valence-electron chi connectivity index (χ4n) is 1.49. The van der Waals surface area contributed by atoms with Gasteiger partial charge in [0.1, 0.15) is 6.61 Å². The van der Waals surface area contributed by atoms with Crippen LogP contribution in [0.3, 0.4) is 0 Å². The van der Waals surface area contributed by atoms with Crippen LogP contribution < -0.4 is 0 Å². The lowest BCUT2D eigenvalue weighted by Gasteiger charge is -2.20. The third-order valence-electron chi connectivity index (χ3n) is 2.52. The molecule has 0 aliphatic rings. The van der Waals surface area contributed by atoms with E-state index in [4.69, 9.17) is 14.9 Å². The number of carboxylic acid groups (broad SMARTS) is 2. The zero-order chi connectivity index (χ0) is 15.2. The first-order chi connectivity index (χ1) is 9.33. The minimum absolute atomic E-state index is 0. The lowest BCUT2D eigenvalue weighted by Crippen LogP contribution is -2.43. The smallest absolute Gasteiger partial charge is 0.336 e. The van der Waals surface area contributed by atoms with Gasteiger partial charge >= 0.3 is 17.9 Å². The van der Waals surface area contributed by atoms with E-state index in [-0.39, 0.29) is 24.0 Å². The SMILES string of the molecule is O=C(O)CC(O)(CC(=O)OCc1ccccc1)C(=O)O.[AlH3]. The monoisotopic (exact) mass is 312 g/mol. The zero-order valence-electron chi connectivity index (χ0n) is 10.5. The lowest BCUT2D eigenvalue weighted by atomic mass is 9.96. The highest BCUT2D eigenvalue weighted by Gasteiger charge is 2.41. The number of aliphatic hydroxyl groups is 1. The molecule has 0 saturated carbocycles. The number of rotatable bonds is 7. The Balaban J connectivity index is 0.00000400. The number of ether oxygens (including phenoxy) is 1. The first-order valence-electron chi connectivity index (χ1n) is 5.70. The Morgan fingerprint density at radius 2 is 1.62 bits per heavy atom. The molecule has 0 aliphatic heterocycles. The van der Waals surface area contributed by atoms with Crippen molar-refractivity contribution >= 4 is 35.3 Å². The van der Waals surface area contributed by atoms with Crippen LogP contribution in [0.5, 0.6) is 0 Å². The number of carboxylic acids is 2. The second kappa shape index (κ2) is 8.42. The van der Waals surface area contributed by atoms with Gasteiger partial charge in [-0.3, -0.25) is 9.59 Å². The maximum atomic E-state index is 11.5. The molecule has 0 fully saturated rings. The van der Waals surface area contributed by atoms with Crippen LogP contribution in [0.2, 0.25) is 0 Å². The van der Waals surface area contributed by atoms with Crippen LogP contribution in [0, 0.1) is 0 Å². The Hall–Kier alpha value is -1.88. The molecule has 0 heterocycles. The van der Waals surface area contributed by atoms with Gasteiger partial charge in [0.15, 0.2) is 23.0 Å². The molecule has 0 radical (unpaired) electrons. The highest BCUT2D eigenvalue weighted by molar-refractivity contribution is 5.88. The molecule has 0 spiro atoms. The van der Waals surface area contributed by atoms with Gasteiger partial charge in [0.25, 0.3) is 0 Å². The Labute approximate surface area is 131 Å². The minimum Gasteiger partial charge on any atom is -0.481 e. The average Bonchev–Trinajstić information content (AvgIpc) is 2.36. The Bertz CT molecular complexity index is 503. The third-order valence-corrected chi connectivity index (χ3v) is 2.52. The number of carbonyl (C=O) groups excluding carboxylic acids is 1. The zero-order valence-corrected chi connectivity index (χ0v) is 10.5. The van der Waals surface area contributed by atoms with E-state index in [1.807, 2.05) is 0 Å². The molecular formula is C13H17AlO7. The van der Waals surface area contributed by atoms with E-state index in [1.54, 1.807) is 30.3 Å². The van der Waals surface area contributed by atoms with Crippen molar-refractivity contribution in [2.75, 3.05) is 0 Å². The van der Waals surface area contributed by atoms with Gasteiger partial charge in [-0.2, -0.15) is 0 Å². The second-order valence-electron chi connectivity index (χ2n) is 4.23. The van der Waals surface area contributed by atoms with Gasteiger partial charge in [0.2, 0.25) is 0 Å². The van der Waals surface area contributed by atoms with E-state index >= 15 is 0 Å². The van der Waals surface area contributed by atoms with Crippen molar-refractivity contribution in [1.82, 2.24) is 0 Å². The molecule has 0 bridgehead atoms. The lowest BCUT2D eigenvalue weighted by molar-refractivity contribution is -0.172. The van der Waals surface area contributed by atoms with Gasteiger partial charge < -0.3 is 20.1 Å². The molecule has 1 aromatic carbocycles. The number of carbonyl (C=O) groups is 3. The van der Waals surface area contributed by atoms with Crippen LogP contribution in [-0.4, -0.2) is 56.2 Å². The molecule has 21 heavy (non-hydrogen) atoms. The fourth-order valence-corrected chi connectivity index (χ4v) is 1.49. The molecule has 0 saturated heterocycles. The molecule has 0 aliphatic carbocycles. The van der Waals surface area contributed by atoms with Crippen molar-refractivity contribution in [3.05, 3.63) is 35.9 Å². The van der Waals surface area contributed by atoms with Gasteiger partial charge in [0.05, 0.1) is 12.8 Å². The summed E-state index contributed by atoms with van der Waals surface area (Å²) in [5.41, 5.74) is -1.97. The topological polar surface area (TPSA) is 121 Å². The first-order valence-corrected chi connectivity index (χ1v) is 5.70. The Morgan fingerprint density at radius 3 is 2.10 bits per heavy atom. The van der Waals surface area contributed by atoms with Crippen molar-refractivity contribution in [2.24, 2.45) is 0 Å². The summed E-state index contributed by atoms with van der Waals surface area (Å²) in [4.78, 5) is 32.8. The van der Waals surface area contributed by atoms with Crippen molar-refractivity contribution in [2.45, 2.75) is 25.0 Å². The van der Waals surface area contributed by atoms with Gasteiger partial charge in [-0.1, -0.05) is 30.3 Å². The predicted molar refractivity (Wildman–Crippen MR) is 75.6 cm³/mol. The molecule has 1 unspecified atom stereocenters. The van der Waals surface area contributed by atoms with Crippen LogP contribution in [-0.2, 0) is 25.7 Å². The van der Waals surface area contributed by atoms with Crippen molar-refractivity contribution in [3.8, 4) is 0 Å². The van der Waals surface area contributed by atoms with E-state index in [2.05, 4.69) is 0 Å². The van der Waals surface area contributed by atoms with Gasteiger partial charge in [-0.15, -0.1) is 0 Å². The van der Waals surface area contributed by atoms with Gasteiger partial charge in [-0.25, -0.2) is 4.79 Å². The number of esters is 1. The molecule has 8 heteroatoms. The Morgan fingerprint density at radius 1 is 1.05 bits per heavy atom. The van der Waals surface area contributed by atoms with Crippen LogP contribution in [0.4, 0.5) is 0 Å². The molecule has 1 rings (SSSR count). The highest BCUT2D eigenvalue weighted by Crippen LogP contribution is 2.17. The summed E-state index contributed by atoms with van der Waals surface area (Å²) in [5.74, 6) is -4.29. The van der Waals surface area contributed by atoms with Crippen molar-refractivity contribution in [3.63, 3.8) is 0 Å². The minimum atomic E-state index is -2.67. The fraction of sp³-hybridized carbons (Fsp3) is 0.308. The number of aliphatic carboxylic acids is 2. The summed E-state index contributed by atoms with van der Waals surface area (Å²) in [6, 6.07) is 8.66. The van der Waals surface area contributed by atoms with E-state index in [0.29, 0.717) is 5.56 Å². The maximum absolute atomic E-state index is 11.5. The summed E-state index contributed by atoms with van der Waals surface area (Å²) in [5, 5.41) is 27.0. The molecule has 7 nitrogen and oxygen atoms in total. The molecular weight excluding hydrogens is 295 g/mol. The first kappa shape index (κ1) is 19.1. The normalized spacial score (nSPS) is 12.6. The van der Waals surface area contributed by atoms with Crippen LogP contribution in [0.15, 0.2) is 30.3 Å². The summed E-state index contributed by atoms with van der Waals surface area (Å²) in [6.45, 7) is -0.0809. The second-order valence-corrected chi connectivity index (χ2v) is 4.23. The van der Waals surface area contributed by atoms with Crippen molar-refractivity contribution < 1.29 is 34.4 Å². The maximum Gasteiger partial charge on any atom is 0.336 e. The van der Waals surface area contributed by atoms with Crippen LogP contribution in [0.1, 0.15) is 18.4 Å². The summed E-state index contributed by atoms with van der Waals surface area (Å²) < 4.78 is 4.80. The molecule has 1 atom stereocenters. The van der Waals surface area contributed by atoms with Gasteiger partial charge in [-0.05, 0) is 5.56 Å². The van der Waals surface area contributed by atoms with E-state index in [0.717, 1.165) is 0 Å². The predicted octanol–water partition coefficient (Wildman–Crippen LogP) is -0.774. The molecule has 0 amide bonds. The summed E-state index contributed by atoms with van der Waals surface area (Å²) in [6.07, 6.45) is -2.01. The summed E-state index contributed by atoms with van der Waals surface area (Å²) in [7, 11) is 0. The van der Waals surface area contributed by atoms with E-state index < -0.39 is 36.4 Å². The van der Waals surface area contributed by atoms with Crippen molar-refractivity contribution in [1.29, 1.82) is 0 Å². The van der Waals surface area contributed by atoms with Crippen LogP contribution in [0.25, 0.3) is 0 Å². The third kappa shape index (κ3) is 6.40. The Kier molecular flexibility index (Phi) is 7.67. The highest BCUT2D eigenvalue weighted by atomic mass is 27.0. The largest absolute Gasteiger partial charge is 0.481 e. The number of hydrogen-bond acceptors (Lipinski definition) is 5. The molecule has 0 aromatic heterocycles. The standard InChI is InChI=1S/C13H14O7.Al.3H/c14-10(15)6-13(19,12(17)18)7-11(16)20-8-9-4-2-1-3-5-9;;;;/h1-5,19H,6-8H2,(H,14,15)(H,17,18);;;;. The average molecular weight is 312 g/mol.